The summed E-state index contributed by atoms with van der Waals surface area (Å²) < 4.78 is 18.9. The lowest BCUT2D eigenvalue weighted by Gasteiger charge is -2.09. The fourth-order valence-corrected chi connectivity index (χ4v) is 1.84. The molecule has 106 valence electrons. The summed E-state index contributed by atoms with van der Waals surface area (Å²) in [6.07, 6.45) is 0. The molecule has 4 nitrogen and oxygen atoms in total. The molecule has 0 saturated carbocycles. The minimum absolute atomic E-state index is 0.125. The number of nitriles is 1. The third-order valence-corrected chi connectivity index (χ3v) is 2.90. The first-order valence-corrected chi connectivity index (χ1v) is 6.28. The molecule has 1 amide bonds. The molecule has 0 atom stereocenters. The van der Waals surface area contributed by atoms with Crippen LogP contribution in [0.15, 0.2) is 42.5 Å². The average Bonchev–Trinajstić information content (AvgIpc) is 2.52. The maximum Gasteiger partial charge on any atom is 0.251 e. The second-order valence-electron chi connectivity index (χ2n) is 4.29. The summed E-state index contributed by atoms with van der Waals surface area (Å²) in [5.41, 5.74) is 1.14. The number of hydrogen-bond donors (Lipinski definition) is 1. The van der Waals surface area contributed by atoms with Crippen molar-refractivity contribution in [2.45, 2.75) is 6.61 Å². The van der Waals surface area contributed by atoms with Crippen molar-refractivity contribution in [3.8, 4) is 11.8 Å². The normalized spacial score (nSPS) is 9.76. The summed E-state index contributed by atoms with van der Waals surface area (Å²) in [6, 6.07) is 12.9. The van der Waals surface area contributed by atoms with Gasteiger partial charge in [0.05, 0.1) is 0 Å². The summed E-state index contributed by atoms with van der Waals surface area (Å²) in [5, 5.41) is 11.5. The van der Waals surface area contributed by atoms with Crippen molar-refractivity contribution in [2.24, 2.45) is 0 Å². The quantitative estimate of drug-likeness (QED) is 0.938. The first-order valence-electron chi connectivity index (χ1n) is 6.28. The van der Waals surface area contributed by atoms with Gasteiger partial charge in [-0.25, -0.2) is 4.39 Å². The van der Waals surface area contributed by atoms with Crippen molar-refractivity contribution in [2.75, 3.05) is 7.05 Å². The Bertz CT molecular complexity index is 708. The van der Waals surface area contributed by atoms with Crippen LogP contribution in [0.2, 0.25) is 0 Å². The van der Waals surface area contributed by atoms with Crippen molar-refractivity contribution >= 4 is 5.91 Å². The molecule has 1 N–H and O–H groups in total. The van der Waals surface area contributed by atoms with Crippen LogP contribution in [0.25, 0.3) is 0 Å². The smallest absolute Gasteiger partial charge is 0.251 e. The molecular weight excluding hydrogens is 271 g/mol. The first-order chi connectivity index (χ1) is 10.2. The summed E-state index contributed by atoms with van der Waals surface area (Å²) in [4.78, 5) is 11.5. The Morgan fingerprint density at radius 2 is 2.10 bits per heavy atom. The van der Waals surface area contributed by atoms with Gasteiger partial charge in [-0.3, -0.25) is 4.79 Å². The first kappa shape index (κ1) is 14.5. The standard InChI is InChI=1S/C16H13FN2O2/c1-19-16(20)12-5-2-4-11(8-12)10-21-15-7-3-6-14(17)13(15)9-18/h2-8H,10H2,1H3,(H,19,20). The Hall–Kier alpha value is -2.87. The van der Waals surface area contributed by atoms with E-state index in [1.165, 1.54) is 18.2 Å². The monoisotopic (exact) mass is 284 g/mol. The molecule has 21 heavy (non-hydrogen) atoms. The molecule has 5 heteroatoms. The van der Waals surface area contributed by atoms with Gasteiger partial charge in [0, 0.05) is 12.6 Å². The highest BCUT2D eigenvalue weighted by Gasteiger charge is 2.09. The fraction of sp³-hybridized carbons (Fsp3) is 0.125. The predicted octanol–water partition coefficient (Wildman–Crippen LogP) is 2.64. The summed E-state index contributed by atoms with van der Waals surface area (Å²) in [5.74, 6) is -0.628. The lowest BCUT2D eigenvalue weighted by Crippen LogP contribution is -2.17. The zero-order chi connectivity index (χ0) is 15.2. The van der Waals surface area contributed by atoms with Gasteiger partial charge in [-0.15, -0.1) is 0 Å². The Balaban J connectivity index is 2.16. The highest BCUT2D eigenvalue weighted by molar-refractivity contribution is 5.94. The third-order valence-electron chi connectivity index (χ3n) is 2.90. The topological polar surface area (TPSA) is 62.1 Å². The van der Waals surface area contributed by atoms with Gasteiger partial charge >= 0.3 is 0 Å². The molecule has 0 heterocycles. The number of nitrogens with zero attached hydrogens (tertiary/aromatic N) is 1. The SMILES string of the molecule is CNC(=O)c1cccc(COc2cccc(F)c2C#N)c1. The van der Waals surface area contributed by atoms with E-state index in [1.807, 2.05) is 0 Å². The number of ether oxygens (including phenoxy) is 1. The van der Waals surface area contributed by atoms with E-state index >= 15 is 0 Å². The van der Waals surface area contributed by atoms with Crippen molar-refractivity contribution in [1.82, 2.24) is 5.32 Å². The van der Waals surface area contributed by atoms with Gasteiger partial charge in [0.2, 0.25) is 0 Å². The lowest BCUT2D eigenvalue weighted by molar-refractivity contribution is 0.0963. The van der Waals surface area contributed by atoms with Crippen molar-refractivity contribution in [1.29, 1.82) is 5.26 Å². The van der Waals surface area contributed by atoms with E-state index in [0.29, 0.717) is 5.56 Å². The maximum atomic E-state index is 13.4. The van der Waals surface area contributed by atoms with Gasteiger partial charge < -0.3 is 10.1 Å². The molecule has 0 spiro atoms. The molecule has 0 aliphatic carbocycles. The minimum Gasteiger partial charge on any atom is -0.487 e. The average molecular weight is 284 g/mol. The van der Waals surface area contributed by atoms with Crippen LogP contribution in [-0.2, 0) is 6.61 Å². The highest BCUT2D eigenvalue weighted by Crippen LogP contribution is 2.21. The summed E-state index contributed by atoms with van der Waals surface area (Å²) in [7, 11) is 1.55. The molecular formula is C16H13FN2O2. The third kappa shape index (κ3) is 3.37. The number of rotatable bonds is 4. The van der Waals surface area contributed by atoms with E-state index < -0.39 is 5.82 Å². The molecule has 2 rings (SSSR count). The Morgan fingerprint density at radius 1 is 1.33 bits per heavy atom. The maximum absolute atomic E-state index is 13.4. The molecule has 2 aromatic rings. The molecule has 0 aliphatic heterocycles. The van der Waals surface area contributed by atoms with E-state index in [1.54, 1.807) is 37.4 Å². The van der Waals surface area contributed by atoms with E-state index in [-0.39, 0.29) is 23.8 Å². The molecule has 0 unspecified atom stereocenters. The number of carbonyl (C=O) groups is 1. The number of halogens is 1. The Kier molecular flexibility index (Phi) is 4.52. The molecule has 0 saturated heterocycles. The Morgan fingerprint density at radius 3 is 2.81 bits per heavy atom. The van der Waals surface area contributed by atoms with Gasteiger partial charge in [-0.1, -0.05) is 18.2 Å². The van der Waals surface area contributed by atoms with E-state index in [4.69, 9.17) is 10.00 Å². The Labute approximate surface area is 121 Å². The molecule has 2 aromatic carbocycles. The number of amides is 1. The van der Waals surface area contributed by atoms with Gasteiger partial charge in [0.15, 0.2) is 0 Å². The molecule has 0 aliphatic rings. The summed E-state index contributed by atoms with van der Waals surface area (Å²) >= 11 is 0. The second-order valence-corrected chi connectivity index (χ2v) is 4.29. The number of nitrogens with one attached hydrogen (secondary N) is 1. The van der Waals surface area contributed by atoms with Crippen molar-refractivity contribution in [3.63, 3.8) is 0 Å². The lowest BCUT2D eigenvalue weighted by atomic mass is 10.1. The van der Waals surface area contributed by atoms with E-state index in [2.05, 4.69) is 5.32 Å². The predicted molar refractivity (Wildman–Crippen MR) is 75.3 cm³/mol. The summed E-state index contributed by atoms with van der Waals surface area (Å²) in [6.45, 7) is 0.142. The van der Waals surface area contributed by atoms with Crippen LogP contribution in [0.5, 0.6) is 5.75 Å². The van der Waals surface area contributed by atoms with Crippen LogP contribution in [0, 0.1) is 17.1 Å². The van der Waals surface area contributed by atoms with Crippen LogP contribution >= 0.6 is 0 Å². The number of carbonyl (C=O) groups excluding carboxylic acids is 1. The van der Waals surface area contributed by atoms with Gasteiger partial charge in [0.1, 0.15) is 29.8 Å². The van der Waals surface area contributed by atoms with Gasteiger partial charge in [-0.2, -0.15) is 5.26 Å². The molecule has 0 fully saturated rings. The van der Waals surface area contributed by atoms with Gasteiger partial charge in [-0.05, 0) is 29.8 Å². The van der Waals surface area contributed by atoms with Crippen LogP contribution in [0.1, 0.15) is 21.5 Å². The molecule has 0 bridgehead atoms. The van der Waals surface area contributed by atoms with E-state index in [0.717, 1.165) is 5.56 Å². The highest BCUT2D eigenvalue weighted by atomic mass is 19.1. The zero-order valence-electron chi connectivity index (χ0n) is 11.4. The number of benzene rings is 2. The largest absolute Gasteiger partial charge is 0.487 e. The van der Waals surface area contributed by atoms with Crippen LogP contribution in [-0.4, -0.2) is 13.0 Å². The van der Waals surface area contributed by atoms with Crippen LogP contribution in [0.3, 0.4) is 0 Å². The second kappa shape index (κ2) is 6.53. The van der Waals surface area contributed by atoms with Crippen molar-refractivity contribution in [3.05, 3.63) is 65.0 Å². The van der Waals surface area contributed by atoms with Crippen LogP contribution < -0.4 is 10.1 Å². The van der Waals surface area contributed by atoms with Crippen molar-refractivity contribution < 1.29 is 13.9 Å². The zero-order valence-corrected chi connectivity index (χ0v) is 11.4. The van der Waals surface area contributed by atoms with E-state index in [9.17, 15) is 9.18 Å². The number of hydrogen-bond acceptors (Lipinski definition) is 3. The fourth-order valence-electron chi connectivity index (χ4n) is 1.84. The molecule has 0 radical (unpaired) electrons. The minimum atomic E-state index is -0.617. The van der Waals surface area contributed by atoms with Gasteiger partial charge in [0.25, 0.3) is 5.91 Å². The molecule has 0 aromatic heterocycles. The van der Waals surface area contributed by atoms with Crippen LogP contribution in [0.4, 0.5) is 4.39 Å².